The van der Waals surface area contributed by atoms with E-state index in [9.17, 15) is 0 Å². The third-order valence-corrected chi connectivity index (χ3v) is 3.29. The van der Waals surface area contributed by atoms with Crippen molar-refractivity contribution < 1.29 is 0 Å². The monoisotopic (exact) mass is 290 g/mol. The second-order valence-corrected chi connectivity index (χ2v) is 4.69. The third kappa shape index (κ3) is 3.87. The Morgan fingerprint density at radius 3 is 2.80 bits per heavy atom. The Hall–Kier alpha value is -0.490. The lowest BCUT2D eigenvalue weighted by atomic mass is 10.4. The van der Waals surface area contributed by atoms with Crippen molar-refractivity contribution in [3.63, 3.8) is 0 Å². The van der Waals surface area contributed by atoms with E-state index in [0.717, 1.165) is 34.8 Å². The van der Waals surface area contributed by atoms with Gasteiger partial charge in [0.1, 0.15) is 22.4 Å². The first-order chi connectivity index (χ1) is 7.29. The van der Waals surface area contributed by atoms with Gasteiger partial charge in [-0.1, -0.05) is 0 Å². The smallest absolute Gasteiger partial charge is 0.145 e. The molecule has 1 aromatic heterocycles. The third-order valence-electron chi connectivity index (χ3n) is 1.84. The van der Waals surface area contributed by atoms with Crippen molar-refractivity contribution in [3.05, 3.63) is 10.8 Å². The molecule has 0 spiro atoms. The van der Waals surface area contributed by atoms with Crippen molar-refractivity contribution in [2.24, 2.45) is 0 Å². The molecule has 4 nitrogen and oxygen atoms in total. The van der Waals surface area contributed by atoms with E-state index in [2.05, 4.69) is 42.8 Å². The fourth-order valence-electron chi connectivity index (χ4n) is 1.09. The van der Waals surface area contributed by atoms with Crippen LogP contribution in [0, 0.1) is 0 Å². The summed E-state index contributed by atoms with van der Waals surface area (Å²) in [5.41, 5.74) is 0. The quantitative estimate of drug-likeness (QED) is 0.788. The first kappa shape index (κ1) is 12.6. The summed E-state index contributed by atoms with van der Waals surface area (Å²) in [6, 6.07) is 0. The highest BCUT2D eigenvalue weighted by Crippen LogP contribution is 2.25. The average Bonchev–Trinajstić information content (AvgIpc) is 2.26. The molecule has 15 heavy (non-hydrogen) atoms. The lowest BCUT2D eigenvalue weighted by Crippen LogP contribution is -2.06. The van der Waals surface area contributed by atoms with Gasteiger partial charge < -0.3 is 10.6 Å². The highest BCUT2D eigenvalue weighted by molar-refractivity contribution is 9.10. The number of nitrogens with one attached hydrogen (secondary N) is 2. The van der Waals surface area contributed by atoms with E-state index in [1.807, 2.05) is 18.8 Å². The molecule has 0 unspecified atom stereocenters. The van der Waals surface area contributed by atoms with Crippen molar-refractivity contribution in [1.29, 1.82) is 0 Å². The van der Waals surface area contributed by atoms with Crippen LogP contribution in [0.25, 0.3) is 0 Å². The van der Waals surface area contributed by atoms with E-state index in [1.165, 1.54) is 0 Å². The molecule has 2 N–H and O–H groups in total. The molecule has 84 valence electrons. The van der Waals surface area contributed by atoms with Crippen molar-refractivity contribution >= 4 is 39.3 Å². The fraction of sp³-hybridized carbons (Fsp3) is 0.556. The molecule has 0 aromatic carbocycles. The average molecular weight is 291 g/mol. The molecule has 1 rings (SSSR count). The molecule has 0 atom stereocenters. The minimum absolute atomic E-state index is 0.803. The molecule has 0 aliphatic rings. The van der Waals surface area contributed by atoms with Gasteiger partial charge in [0, 0.05) is 13.6 Å². The van der Waals surface area contributed by atoms with Crippen LogP contribution in [-0.4, -0.2) is 35.6 Å². The zero-order valence-corrected chi connectivity index (χ0v) is 11.3. The normalized spacial score (nSPS) is 10.1. The van der Waals surface area contributed by atoms with Crippen LogP contribution in [0.4, 0.5) is 11.6 Å². The predicted molar refractivity (Wildman–Crippen MR) is 70.8 cm³/mol. The van der Waals surface area contributed by atoms with Crippen LogP contribution in [0.3, 0.4) is 0 Å². The lowest BCUT2D eigenvalue weighted by Gasteiger charge is -2.09. The van der Waals surface area contributed by atoms with Crippen molar-refractivity contribution in [1.82, 2.24) is 9.97 Å². The number of aromatic nitrogens is 2. The second kappa shape index (κ2) is 6.90. The molecule has 0 aliphatic heterocycles. The number of hydrogen-bond acceptors (Lipinski definition) is 5. The van der Waals surface area contributed by atoms with Crippen LogP contribution in [-0.2, 0) is 0 Å². The molecule has 0 fully saturated rings. The molecule has 0 radical (unpaired) electrons. The zero-order valence-electron chi connectivity index (χ0n) is 8.88. The largest absolute Gasteiger partial charge is 0.372 e. The van der Waals surface area contributed by atoms with Crippen molar-refractivity contribution in [2.75, 3.05) is 36.2 Å². The number of anilines is 2. The summed E-state index contributed by atoms with van der Waals surface area (Å²) in [7, 11) is 1.84. The summed E-state index contributed by atoms with van der Waals surface area (Å²) in [6.45, 7) is 0.930. The molecule has 0 saturated carbocycles. The van der Waals surface area contributed by atoms with Gasteiger partial charge in [0.25, 0.3) is 0 Å². The summed E-state index contributed by atoms with van der Waals surface area (Å²) in [6.07, 6.45) is 4.79. The standard InChI is InChI=1S/C9H15BrN4S/c1-11-8-7(10)9(14-6-13-8)12-4-3-5-15-2/h6H,3-5H2,1-2H3,(H2,11,12,13,14). The first-order valence-corrected chi connectivity index (χ1v) is 6.89. The Balaban J connectivity index is 2.53. The van der Waals surface area contributed by atoms with Gasteiger partial charge >= 0.3 is 0 Å². The molecule has 0 amide bonds. The number of nitrogens with zero attached hydrogens (tertiary/aromatic N) is 2. The summed E-state index contributed by atoms with van der Waals surface area (Å²) < 4.78 is 0.886. The molecule has 0 aliphatic carbocycles. The van der Waals surface area contributed by atoms with Gasteiger partial charge in [0.05, 0.1) is 0 Å². The summed E-state index contributed by atoms with van der Waals surface area (Å²) in [4.78, 5) is 8.26. The predicted octanol–water partition coefficient (Wildman–Crippen LogP) is 2.45. The van der Waals surface area contributed by atoms with Gasteiger partial charge in [0.2, 0.25) is 0 Å². The minimum Gasteiger partial charge on any atom is -0.372 e. The van der Waals surface area contributed by atoms with E-state index in [4.69, 9.17) is 0 Å². The Bertz CT molecular complexity index is 308. The van der Waals surface area contributed by atoms with E-state index in [0.29, 0.717) is 0 Å². The van der Waals surface area contributed by atoms with Gasteiger partial charge in [-0.2, -0.15) is 11.8 Å². The molecule has 1 heterocycles. The van der Waals surface area contributed by atoms with Crippen LogP contribution in [0.15, 0.2) is 10.8 Å². The topological polar surface area (TPSA) is 49.8 Å². The first-order valence-electron chi connectivity index (χ1n) is 4.70. The Morgan fingerprint density at radius 2 is 2.13 bits per heavy atom. The van der Waals surface area contributed by atoms with E-state index in [-0.39, 0.29) is 0 Å². The van der Waals surface area contributed by atoms with Gasteiger partial charge in [-0.3, -0.25) is 0 Å². The molecular weight excluding hydrogens is 276 g/mol. The maximum absolute atomic E-state index is 4.17. The van der Waals surface area contributed by atoms with E-state index >= 15 is 0 Å². The Labute approximate surface area is 103 Å². The number of halogens is 1. The SMILES string of the molecule is CNc1ncnc(NCCCSC)c1Br. The maximum Gasteiger partial charge on any atom is 0.145 e. The zero-order chi connectivity index (χ0) is 11.1. The van der Waals surface area contributed by atoms with E-state index in [1.54, 1.807) is 6.33 Å². The Kier molecular flexibility index (Phi) is 5.78. The van der Waals surface area contributed by atoms with Gasteiger partial charge in [-0.25, -0.2) is 9.97 Å². The van der Waals surface area contributed by atoms with Crippen molar-refractivity contribution in [3.8, 4) is 0 Å². The molecule has 6 heteroatoms. The lowest BCUT2D eigenvalue weighted by molar-refractivity contribution is 0.974. The Morgan fingerprint density at radius 1 is 1.40 bits per heavy atom. The molecular formula is C9H15BrN4S. The van der Waals surface area contributed by atoms with Crippen LogP contribution in [0.5, 0.6) is 0 Å². The maximum atomic E-state index is 4.17. The highest BCUT2D eigenvalue weighted by atomic mass is 79.9. The number of thioether (sulfide) groups is 1. The molecule has 0 bridgehead atoms. The number of hydrogen-bond donors (Lipinski definition) is 2. The fourth-order valence-corrected chi connectivity index (χ4v) is 2.07. The van der Waals surface area contributed by atoms with Crippen LogP contribution in [0.1, 0.15) is 6.42 Å². The van der Waals surface area contributed by atoms with Crippen molar-refractivity contribution in [2.45, 2.75) is 6.42 Å². The van der Waals surface area contributed by atoms with Crippen LogP contribution in [0.2, 0.25) is 0 Å². The van der Waals surface area contributed by atoms with E-state index < -0.39 is 0 Å². The highest BCUT2D eigenvalue weighted by Gasteiger charge is 2.05. The molecule has 1 aromatic rings. The molecule has 0 saturated heterocycles. The summed E-state index contributed by atoms with van der Waals surface area (Å²) >= 11 is 5.31. The van der Waals surface area contributed by atoms with Gasteiger partial charge in [-0.15, -0.1) is 0 Å². The van der Waals surface area contributed by atoms with Gasteiger partial charge in [-0.05, 0) is 34.4 Å². The summed E-state index contributed by atoms with van der Waals surface area (Å²) in [5.74, 6) is 2.81. The second-order valence-electron chi connectivity index (χ2n) is 2.91. The van der Waals surface area contributed by atoms with Crippen LogP contribution >= 0.6 is 27.7 Å². The van der Waals surface area contributed by atoms with Crippen LogP contribution < -0.4 is 10.6 Å². The number of rotatable bonds is 6. The summed E-state index contributed by atoms with van der Waals surface area (Å²) in [5, 5.41) is 6.27. The minimum atomic E-state index is 0.803. The van der Waals surface area contributed by atoms with Gasteiger partial charge in [0.15, 0.2) is 0 Å².